The van der Waals surface area contributed by atoms with Crippen LogP contribution in [0, 0.1) is 0 Å². The van der Waals surface area contributed by atoms with Gasteiger partial charge in [0.15, 0.2) is 0 Å². The molecule has 0 saturated heterocycles. The highest BCUT2D eigenvalue weighted by atomic mass is 35.5. The molecule has 5 heteroatoms. The Morgan fingerprint density at radius 2 is 1.39 bits per heavy atom. The molecule has 0 atom stereocenters. The molecule has 0 aliphatic carbocycles. The van der Waals surface area contributed by atoms with Crippen LogP contribution in [0.15, 0.2) is 83.0 Å². The van der Waals surface area contributed by atoms with Gasteiger partial charge >= 0.3 is 0 Å². The maximum Gasteiger partial charge on any atom is 0.211 e. The Labute approximate surface area is 170 Å². The second kappa shape index (κ2) is 6.89. The van der Waals surface area contributed by atoms with Gasteiger partial charge in [0, 0.05) is 23.4 Å². The smallest absolute Gasteiger partial charge is 0.211 e. The molecular weight excluding hydrogens is 386 g/mol. The van der Waals surface area contributed by atoms with Gasteiger partial charge in [-0.15, -0.1) is 5.10 Å². The Hall–Kier alpha value is -2.95. The molecular formula is C23H16ClN3S. The summed E-state index contributed by atoms with van der Waals surface area (Å²) in [6, 6.07) is 24.6. The average molecular weight is 402 g/mol. The van der Waals surface area contributed by atoms with Crippen LogP contribution in [-0.2, 0) is 7.05 Å². The van der Waals surface area contributed by atoms with Crippen LogP contribution in [0.1, 0.15) is 5.56 Å². The van der Waals surface area contributed by atoms with Crippen LogP contribution in [0.5, 0.6) is 0 Å². The summed E-state index contributed by atoms with van der Waals surface area (Å²) in [5.74, 6) is 0. The Morgan fingerprint density at radius 3 is 2.04 bits per heavy atom. The van der Waals surface area contributed by atoms with E-state index in [0.717, 1.165) is 42.4 Å². The van der Waals surface area contributed by atoms with E-state index in [-0.39, 0.29) is 0 Å². The van der Waals surface area contributed by atoms with Crippen molar-refractivity contribution in [2.75, 3.05) is 0 Å². The lowest BCUT2D eigenvalue weighted by Gasteiger charge is -2.10. The number of aromatic nitrogens is 1. The van der Waals surface area contributed by atoms with Gasteiger partial charge in [0.2, 0.25) is 4.80 Å². The van der Waals surface area contributed by atoms with E-state index in [4.69, 9.17) is 11.6 Å². The Morgan fingerprint density at radius 1 is 0.821 bits per heavy atom. The van der Waals surface area contributed by atoms with Crippen molar-refractivity contribution in [3.05, 3.63) is 88.2 Å². The molecule has 5 aromatic rings. The second-order valence-corrected chi connectivity index (χ2v) is 7.96. The number of halogens is 1. The number of hydrogen-bond donors (Lipinski definition) is 0. The molecule has 3 nitrogen and oxygen atoms in total. The number of thiazole rings is 1. The van der Waals surface area contributed by atoms with Crippen LogP contribution in [0.2, 0.25) is 5.02 Å². The van der Waals surface area contributed by atoms with Gasteiger partial charge in [-0.25, -0.2) is 0 Å². The lowest BCUT2D eigenvalue weighted by atomic mass is 9.97. The molecule has 4 aromatic carbocycles. The molecule has 0 N–H and O–H groups in total. The fraction of sp³-hybridized carbons (Fsp3) is 0.0435. The SMILES string of the molecule is Cn1/c(=N/N=Cc2c3ccccc3c(Cl)c3ccccc23)sc2ccccc21. The molecule has 0 radical (unpaired) electrons. The summed E-state index contributed by atoms with van der Waals surface area (Å²) < 4.78 is 3.26. The standard InChI is InChI=1S/C23H16ClN3S/c1-27-20-12-6-7-13-21(20)28-23(27)26-25-14-19-15-8-2-4-10-17(15)22(24)18-11-5-3-9-16(18)19/h2-14H,1H3/b25-14?,26-23-. The highest BCUT2D eigenvalue weighted by Crippen LogP contribution is 2.35. The fourth-order valence-electron chi connectivity index (χ4n) is 3.56. The molecule has 1 heterocycles. The molecule has 0 aliphatic heterocycles. The zero-order valence-electron chi connectivity index (χ0n) is 15.1. The van der Waals surface area contributed by atoms with Crippen LogP contribution >= 0.6 is 22.9 Å². The van der Waals surface area contributed by atoms with Gasteiger partial charge in [0.25, 0.3) is 0 Å². The summed E-state index contributed by atoms with van der Waals surface area (Å²) in [5, 5.41) is 13.9. The van der Waals surface area contributed by atoms with E-state index in [1.54, 1.807) is 11.3 Å². The van der Waals surface area contributed by atoms with Gasteiger partial charge in [-0.2, -0.15) is 5.10 Å². The van der Waals surface area contributed by atoms with Crippen molar-refractivity contribution in [3.63, 3.8) is 0 Å². The van der Waals surface area contributed by atoms with Crippen LogP contribution < -0.4 is 4.80 Å². The van der Waals surface area contributed by atoms with E-state index >= 15 is 0 Å². The topological polar surface area (TPSA) is 29.6 Å². The van der Waals surface area contributed by atoms with Crippen LogP contribution in [0.4, 0.5) is 0 Å². The van der Waals surface area contributed by atoms with Gasteiger partial charge in [-0.1, -0.05) is 83.6 Å². The van der Waals surface area contributed by atoms with E-state index in [2.05, 4.69) is 39.0 Å². The molecule has 136 valence electrons. The Kier molecular flexibility index (Phi) is 4.23. The van der Waals surface area contributed by atoms with E-state index in [1.165, 1.54) is 4.70 Å². The summed E-state index contributed by atoms with van der Waals surface area (Å²) in [5.41, 5.74) is 2.19. The Bertz CT molecular complexity index is 1390. The summed E-state index contributed by atoms with van der Waals surface area (Å²) >= 11 is 8.30. The maximum atomic E-state index is 6.67. The third kappa shape index (κ3) is 2.73. The van der Waals surface area contributed by atoms with Gasteiger partial charge in [0.05, 0.1) is 21.5 Å². The minimum absolute atomic E-state index is 0.774. The monoisotopic (exact) mass is 401 g/mol. The molecule has 0 fully saturated rings. The highest BCUT2D eigenvalue weighted by Gasteiger charge is 2.10. The second-order valence-electron chi connectivity index (χ2n) is 6.57. The minimum atomic E-state index is 0.774. The third-order valence-electron chi connectivity index (χ3n) is 4.95. The molecule has 1 aromatic heterocycles. The van der Waals surface area contributed by atoms with Crippen molar-refractivity contribution in [3.8, 4) is 0 Å². The zero-order chi connectivity index (χ0) is 19.1. The predicted molar refractivity (Wildman–Crippen MR) is 120 cm³/mol. The number of nitrogens with zero attached hydrogens (tertiary/aromatic N) is 3. The molecule has 0 saturated carbocycles. The van der Waals surface area contributed by atoms with Crippen molar-refractivity contribution in [1.29, 1.82) is 0 Å². The largest absolute Gasteiger partial charge is 0.318 e. The number of hydrogen-bond acceptors (Lipinski definition) is 3. The first-order valence-corrected chi connectivity index (χ1v) is 10.1. The van der Waals surface area contributed by atoms with Gasteiger partial charge < -0.3 is 4.57 Å². The van der Waals surface area contributed by atoms with E-state index in [1.807, 2.05) is 61.8 Å². The van der Waals surface area contributed by atoms with E-state index in [0.29, 0.717) is 0 Å². The number of aryl methyl sites for hydroxylation is 1. The first-order valence-electron chi connectivity index (χ1n) is 8.94. The minimum Gasteiger partial charge on any atom is -0.318 e. The van der Waals surface area contributed by atoms with E-state index < -0.39 is 0 Å². The van der Waals surface area contributed by atoms with Crippen molar-refractivity contribution in [2.24, 2.45) is 17.3 Å². The molecule has 28 heavy (non-hydrogen) atoms. The van der Waals surface area contributed by atoms with Crippen molar-refractivity contribution < 1.29 is 0 Å². The summed E-state index contributed by atoms with van der Waals surface area (Å²) in [4.78, 5) is 0.861. The average Bonchev–Trinajstić information content (AvgIpc) is 3.06. The highest BCUT2D eigenvalue weighted by molar-refractivity contribution is 7.16. The molecule has 0 aliphatic rings. The lowest BCUT2D eigenvalue weighted by molar-refractivity contribution is 0.889. The summed E-state index contributed by atoms with van der Waals surface area (Å²) in [6.07, 6.45) is 1.84. The first kappa shape index (κ1) is 17.2. The zero-order valence-corrected chi connectivity index (χ0v) is 16.7. The molecule has 0 amide bonds. The quantitative estimate of drug-likeness (QED) is 0.193. The number of rotatable bonds is 2. The maximum absolute atomic E-state index is 6.67. The lowest BCUT2D eigenvalue weighted by Crippen LogP contribution is -2.08. The Balaban J connectivity index is 1.72. The number of fused-ring (bicyclic) bond motifs is 3. The number of para-hydroxylation sites is 1. The van der Waals surface area contributed by atoms with Crippen LogP contribution in [0.25, 0.3) is 31.8 Å². The van der Waals surface area contributed by atoms with Crippen LogP contribution in [-0.4, -0.2) is 10.8 Å². The van der Waals surface area contributed by atoms with Gasteiger partial charge in [-0.05, 0) is 22.9 Å². The molecule has 0 spiro atoms. The van der Waals surface area contributed by atoms with Crippen LogP contribution in [0.3, 0.4) is 0 Å². The number of benzene rings is 4. The normalized spacial score (nSPS) is 12.7. The van der Waals surface area contributed by atoms with E-state index in [9.17, 15) is 0 Å². The molecule has 5 rings (SSSR count). The van der Waals surface area contributed by atoms with Crippen molar-refractivity contribution in [1.82, 2.24) is 4.57 Å². The van der Waals surface area contributed by atoms with Gasteiger partial charge in [0.1, 0.15) is 0 Å². The predicted octanol–water partition coefficient (Wildman–Crippen LogP) is 6.13. The summed E-state index contributed by atoms with van der Waals surface area (Å²) in [6.45, 7) is 0. The van der Waals surface area contributed by atoms with Gasteiger partial charge in [-0.3, -0.25) is 0 Å². The third-order valence-corrected chi connectivity index (χ3v) is 6.46. The fourth-order valence-corrected chi connectivity index (χ4v) is 4.87. The van der Waals surface area contributed by atoms with Crippen molar-refractivity contribution >= 4 is 60.9 Å². The summed E-state index contributed by atoms with van der Waals surface area (Å²) in [7, 11) is 2.01. The molecule has 0 unspecified atom stereocenters. The first-order chi connectivity index (χ1) is 13.7. The molecule has 0 bridgehead atoms. The van der Waals surface area contributed by atoms with Crippen molar-refractivity contribution in [2.45, 2.75) is 0 Å².